The van der Waals surface area contributed by atoms with Crippen molar-refractivity contribution in [2.24, 2.45) is 0 Å². The van der Waals surface area contributed by atoms with Gasteiger partial charge in [-0.2, -0.15) is 0 Å². The molecule has 0 bridgehead atoms. The van der Waals surface area contributed by atoms with Gasteiger partial charge in [0.15, 0.2) is 0 Å². The molecule has 0 amide bonds. The second-order valence-electron chi connectivity index (χ2n) is 24.4. The number of fused-ring (bicyclic) bond motifs is 14. The fraction of sp³-hybridized carbons (Fsp3) is 0.133. The number of para-hydroxylation sites is 1. The summed E-state index contributed by atoms with van der Waals surface area (Å²) in [6.45, 7) is 15.5. The number of nitrogens with zero attached hydrogens (tertiary/aromatic N) is 3. The third-order valence-corrected chi connectivity index (χ3v) is 17.3. The van der Waals surface area contributed by atoms with Crippen LogP contribution in [-0.4, -0.2) is 33.6 Å². The molecule has 2 heterocycles. The van der Waals surface area contributed by atoms with Crippen LogP contribution in [0.15, 0.2) is 223 Å². The van der Waals surface area contributed by atoms with Crippen molar-refractivity contribution < 1.29 is 9.52 Å². The van der Waals surface area contributed by atoms with E-state index in [4.69, 9.17) is 32.9 Å². The summed E-state index contributed by atoms with van der Waals surface area (Å²) >= 11 is 0. The molecule has 2 aromatic heterocycles. The van der Waals surface area contributed by atoms with Crippen LogP contribution < -0.4 is 26.2 Å². The van der Waals surface area contributed by atoms with E-state index >= 15 is 0 Å². The van der Waals surface area contributed by atoms with Gasteiger partial charge in [0.2, 0.25) is 0 Å². The van der Waals surface area contributed by atoms with Gasteiger partial charge in [-0.15, -0.1) is 0 Å². The lowest BCUT2D eigenvalue weighted by Gasteiger charge is -2.34. The largest absolute Gasteiger partial charge is 0.509 e. The highest BCUT2D eigenvalue weighted by atomic mass is 16.3. The molecule has 8 heteroatoms. The minimum absolute atomic E-state index is 0.0134. The average Bonchev–Trinajstić information content (AvgIpc) is 2.40. The number of aryl methyl sites for hydroxylation is 1. The molecule has 1 unspecified atom stereocenters. The Balaban J connectivity index is 1.10. The monoisotopic (exact) mass is 1070 g/mol. The summed E-state index contributed by atoms with van der Waals surface area (Å²) in [7, 11) is 21.7. The lowest BCUT2D eigenvalue weighted by atomic mass is 9.63. The highest BCUT2D eigenvalue weighted by molar-refractivity contribution is 6.54. The normalized spacial score (nSPS) is 14.2. The summed E-state index contributed by atoms with van der Waals surface area (Å²) in [6.07, 6.45) is 1.92. The van der Waals surface area contributed by atoms with Crippen LogP contribution in [-0.2, 0) is 16.2 Å². The molecule has 1 spiro atoms. The van der Waals surface area contributed by atoms with E-state index in [1.165, 1.54) is 11.1 Å². The van der Waals surface area contributed by atoms with E-state index in [0.717, 1.165) is 112 Å². The van der Waals surface area contributed by atoms with Crippen LogP contribution in [0.5, 0.6) is 5.75 Å². The SMILES string of the molecule is [B]c1c([B])c2c(c([B])c1O)-c1cc(C)cnc1C21c2cc(N(c3ccc(-c4ccccc4)cc3)c3ccc(C(C)(C)C)cc3)ccc2-c2c1cc(N(c1ccc(-c3ccccc3)cc1)c1ccc(C(C)(C)C)cc1)c1c2oc2ccccc21. The zero-order chi connectivity index (χ0) is 57.3. The third kappa shape index (κ3) is 8.12. The maximum Gasteiger partial charge on any atom is 0.145 e. The van der Waals surface area contributed by atoms with Crippen LogP contribution in [0.25, 0.3) is 66.4 Å². The number of hydrogen-bond donors (Lipinski definition) is 1. The first-order valence-corrected chi connectivity index (χ1v) is 28.4. The van der Waals surface area contributed by atoms with Gasteiger partial charge in [0.1, 0.15) is 40.5 Å². The number of anilines is 6. The Morgan fingerprint density at radius 1 is 0.470 bits per heavy atom. The number of phenols is 1. The molecule has 6 radical (unpaired) electrons. The van der Waals surface area contributed by atoms with Gasteiger partial charge in [-0.3, -0.25) is 4.98 Å². The number of benzene rings is 10. The van der Waals surface area contributed by atoms with Gasteiger partial charge < -0.3 is 19.3 Å². The molecule has 14 rings (SSSR count). The number of aromatic hydroxyl groups is 1. The molecule has 2 aliphatic rings. The summed E-state index contributed by atoms with van der Waals surface area (Å²) in [5.74, 6) is -0.251. The van der Waals surface area contributed by atoms with E-state index in [1.54, 1.807) is 0 Å². The lowest BCUT2D eigenvalue weighted by Crippen LogP contribution is -2.41. The maximum absolute atomic E-state index is 11.9. The van der Waals surface area contributed by atoms with Crippen LogP contribution in [0.1, 0.15) is 80.6 Å². The Kier molecular flexibility index (Phi) is 12.0. The molecule has 83 heavy (non-hydrogen) atoms. The van der Waals surface area contributed by atoms with Crippen LogP contribution in [0.3, 0.4) is 0 Å². The zero-order valence-electron chi connectivity index (χ0n) is 47.7. The molecule has 0 saturated carbocycles. The first-order chi connectivity index (χ1) is 40.0. The molecule has 2 aliphatic carbocycles. The van der Waals surface area contributed by atoms with Crippen LogP contribution in [0.4, 0.5) is 34.1 Å². The zero-order valence-corrected chi connectivity index (χ0v) is 47.7. The summed E-state index contributed by atoms with van der Waals surface area (Å²) < 4.78 is 7.37. The molecule has 5 nitrogen and oxygen atoms in total. The fourth-order valence-corrected chi connectivity index (χ4v) is 13.1. The van der Waals surface area contributed by atoms with Gasteiger partial charge in [-0.1, -0.05) is 186 Å². The van der Waals surface area contributed by atoms with Crippen molar-refractivity contribution in [2.75, 3.05) is 9.80 Å². The Morgan fingerprint density at radius 3 is 1.52 bits per heavy atom. The number of pyridine rings is 1. The summed E-state index contributed by atoms with van der Waals surface area (Å²) in [4.78, 5) is 10.2. The Bertz CT molecular complexity index is 4540. The molecule has 10 aromatic carbocycles. The second kappa shape index (κ2) is 19.2. The Hall–Kier alpha value is -9.26. The fourth-order valence-electron chi connectivity index (χ4n) is 13.1. The number of furan rings is 1. The molecule has 1 atom stereocenters. The predicted molar refractivity (Wildman–Crippen MR) is 348 cm³/mol. The van der Waals surface area contributed by atoms with Gasteiger partial charge in [-0.05, 0) is 169 Å². The highest BCUT2D eigenvalue weighted by Crippen LogP contribution is 2.65. The van der Waals surface area contributed by atoms with Gasteiger partial charge in [0.25, 0.3) is 0 Å². The maximum atomic E-state index is 11.9. The van der Waals surface area contributed by atoms with Crippen molar-refractivity contribution in [2.45, 2.75) is 64.7 Å². The molecular weight excluding hydrogens is 1010 g/mol. The average molecular weight is 1070 g/mol. The van der Waals surface area contributed by atoms with Gasteiger partial charge in [-0.25, -0.2) is 0 Å². The van der Waals surface area contributed by atoms with Crippen LogP contribution >= 0.6 is 0 Å². The van der Waals surface area contributed by atoms with E-state index in [-0.39, 0.29) is 33.0 Å². The van der Waals surface area contributed by atoms with Gasteiger partial charge >= 0.3 is 0 Å². The van der Waals surface area contributed by atoms with Crippen molar-refractivity contribution >= 4 is 96.0 Å². The van der Waals surface area contributed by atoms with E-state index in [9.17, 15) is 5.11 Å². The van der Waals surface area contributed by atoms with Gasteiger partial charge in [0, 0.05) is 51.1 Å². The van der Waals surface area contributed by atoms with E-state index < -0.39 is 5.41 Å². The molecule has 1 N–H and O–H groups in total. The summed E-state index contributed by atoms with van der Waals surface area (Å²) in [5, 5.41) is 13.8. The van der Waals surface area contributed by atoms with Crippen molar-refractivity contribution in [3.63, 3.8) is 0 Å². The molecule has 0 fully saturated rings. The molecule has 0 saturated heterocycles. The summed E-state index contributed by atoms with van der Waals surface area (Å²) in [6, 6.07) is 75.9. The first kappa shape index (κ1) is 51.9. The van der Waals surface area contributed by atoms with Crippen molar-refractivity contribution in [3.05, 3.63) is 258 Å². The number of phenolic OH excluding ortho intramolecular Hbond substituents is 1. The molecular formula is C75H58B3N3O2. The highest BCUT2D eigenvalue weighted by Gasteiger charge is 2.56. The quantitative estimate of drug-likeness (QED) is 0.154. The smallest absolute Gasteiger partial charge is 0.145 e. The minimum atomic E-state index is -1.27. The Labute approximate surface area is 490 Å². The first-order valence-electron chi connectivity index (χ1n) is 28.4. The number of rotatable bonds is 8. The standard InChI is InChI=1S/C75H58B3N3O2/c1-44-40-58-65-66(68(77)69(78)70(82)67(65)76)75(72(58)79-43-44)59-41-55(80(52-34-26-49(27-35-52)73(2,3)4)51-30-22-47(23-31-51)45-16-10-8-11-17-45)38-39-56(59)63-60(75)42-61(64-57-20-14-15-21-62(57)83-71(63)64)81(54-36-28-50(29-37-54)74(5,6)7)53-32-24-48(25-33-53)46-18-12-9-13-19-46/h8-43,82H,1-7H3. The second-order valence-corrected chi connectivity index (χ2v) is 24.4. The molecule has 12 aromatic rings. The van der Waals surface area contributed by atoms with E-state index in [2.05, 4.69) is 245 Å². The topological polar surface area (TPSA) is 52.7 Å². The van der Waals surface area contributed by atoms with Crippen molar-refractivity contribution in [1.82, 2.24) is 4.98 Å². The molecule has 0 aliphatic heterocycles. The van der Waals surface area contributed by atoms with E-state index in [0.29, 0.717) is 16.7 Å². The third-order valence-electron chi connectivity index (χ3n) is 17.3. The van der Waals surface area contributed by atoms with Crippen molar-refractivity contribution in [1.29, 1.82) is 0 Å². The molecule has 394 valence electrons. The van der Waals surface area contributed by atoms with Gasteiger partial charge in [0.05, 0.1) is 22.2 Å². The minimum Gasteiger partial charge on any atom is -0.509 e. The van der Waals surface area contributed by atoms with E-state index in [1.807, 2.05) is 31.3 Å². The lowest BCUT2D eigenvalue weighted by molar-refractivity contribution is 0.484. The Morgan fingerprint density at radius 2 is 0.964 bits per heavy atom. The van der Waals surface area contributed by atoms with Crippen LogP contribution in [0.2, 0.25) is 0 Å². The predicted octanol–water partition coefficient (Wildman–Crippen LogP) is 16.6. The van der Waals surface area contributed by atoms with Crippen molar-refractivity contribution in [3.8, 4) is 50.3 Å². The summed E-state index contributed by atoms with van der Waals surface area (Å²) in [5.41, 5.74) is 20.4. The number of aromatic nitrogens is 1. The number of hydrogen-bond acceptors (Lipinski definition) is 5. The van der Waals surface area contributed by atoms with Crippen LogP contribution in [0, 0.1) is 6.92 Å².